The molecule has 4 aromatic heterocycles. The van der Waals surface area contributed by atoms with E-state index in [0.29, 0.717) is 0 Å². The lowest BCUT2D eigenvalue weighted by Crippen LogP contribution is -2.28. The fraction of sp³-hybridized carbons (Fsp3) is 0.0182. The van der Waals surface area contributed by atoms with Crippen molar-refractivity contribution in [3.63, 3.8) is 0 Å². The maximum atomic E-state index is 5.51. The highest BCUT2D eigenvalue weighted by molar-refractivity contribution is 6.23. The Labute approximate surface area is 662 Å². The molecule has 4 heterocycles. The van der Waals surface area contributed by atoms with Crippen molar-refractivity contribution in [2.45, 2.75) is 11.8 Å². The van der Waals surface area contributed by atoms with E-state index in [0.717, 1.165) is 118 Å². The Morgan fingerprint density at radius 3 is 1.14 bits per heavy atom. The number of fused-ring (bicyclic) bond motifs is 10. The topological polar surface area (TPSA) is 51.6 Å². The number of benzene rings is 16. The summed E-state index contributed by atoms with van der Waals surface area (Å²) in [6, 6.07) is 144. The Balaban J connectivity index is 0.598. The van der Waals surface area contributed by atoms with Crippen molar-refractivity contribution < 1.29 is 0 Å². The zero-order valence-electron chi connectivity index (χ0n) is 62.3. The number of aromatic nitrogens is 4. The van der Waals surface area contributed by atoms with Crippen LogP contribution in [0.3, 0.4) is 0 Å². The van der Waals surface area contributed by atoms with Gasteiger partial charge in [0.05, 0.1) is 33.9 Å². The second-order valence-corrected chi connectivity index (χ2v) is 30.2. The van der Waals surface area contributed by atoms with Gasteiger partial charge in [-0.15, -0.1) is 0 Å². The molecule has 530 valence electrons. The quantitative estimate of drug-likeness (QED) is 0.108. The lowest BCUT2D eigenvalue weighted by molar-refractivity contribution is 0.769. The van der Waals surface area contributed by atoms with Crippen LogP contribution >= 0.6 is 0 Å². The highest BCUT2D eigenvalue weighted by Gasteiger charge is 2.46. The summed E-state index contributed by atoms with van der Waals surface area (Å²) in [5.74, 6) is 0. The molecule has 16 aromatic carbocycles. The first-order valence-electron chi connectivity index (χ1n) is 39.2. The molecule has 0 aliphatic heterocycles. The molecule has 114 heavy (non-hydrogen) atoms. The summed E-state index contributed by atoms with van der Waals surface area (Å²) in [6.45, 7) is 0. The smallest absolute Gasteiger partial charge is 0.0714 e. The Morgan fingerprint density at radius 1 is 0.193 bits per heavy atom. The van der Waals surface area contributed by atoms with Gasteiger partial charge < -0.3 is 0 Å². The molecule has 0 saturated carbocycles. The summed E-state index contributed by atoms with van der Waals surface area (Å²) < 4.78 is 0. The molecule has 2 aliphatic carbocycles. The van der Waals surface area contributed by atoms with Crippen molar-refractivity contribution in [3.8, 4) is 145 Å². The molecule has 22 rings (SSSR count). The van der Waals surface area contributed by atoms with Crippen LogP contribution in [0, 0.1) is 0 Å². The summed E-state index contributed by atoms with van der Waals surface area (Å²) in [7, 11) is 0. The van der Waals surface area contributed by atoms with Crippen LogP contribution in [0.25, 0.3) is 188 Å². The normalized spacial score (nSPS) is 12.4. The molecule has 0 unspecified atom stereocenters. The predicted octanol–water partition coefficient (Wildman–Crippen LogP) is 28.2. The second-order valence-electron chi connectivity index (χ2n) is 30.2. The number of nitrogens with zero attached hydrogens (tertiary/aromatic N) is 4. The van der Waals surface area contributed by atoms with Crippen LogP contribution in [-0.4, -0.2) is 19.9 Å². The molecule has 0 bridgehead atoms. The number of rotatable bonds is 13. The predicted molar refractivity (Wildman–Crippen MR) is 473 cm³/mol. The van der Waals surface area contributed by atoms with Crippen LogP contribution in [0.15, 0.2) is 413 Å². The van der Waals surface area contributed by atoms with E-state index >= 15 is 0 Å². The van der Waals surface area contributed by atoms with E-state index < -0.39 is 5.41 Å². The van der Waals surface area contributed by atoms with Gasteiger partial charge in [-0.25, -0.2) is 4.98 Å². The Morgan fingerprint density at radius 2 is 0.579 bits per heavy atom. The van der Waals surface area contributed by atoms with Gasteiger partial charge in [-0.3, -0.25) is 15.0 Å². The monoisotopic (exact) mass is 1450 g/mol. The van der Waals surface area contributed by atoms with E-state index in [2.05, 4.69) is 388 Å². The number of pyridine rings is 4. The fourth-order valence-electron chi connectivity index (χ4n) is 18.8. The van der Waals surface area contributed by atoms with Gasteiger partial charge >= 0.3 is 0 Å². The molecule has 20 aromatic rings. The van der Waals surface area contributed by atoms with Crippen molar-refractivity contribution >= 4 is 43.1 Å². The van der Waals surface area contributed by atoms with Crippen molar-refractivity contribution in [2.75, 3.05) is 0 Å². The van der Waals surface area contributed by atoms with E-state index in [4.69, 9.17) is 19.9 Å². The molecule has 0 spiro atoms. The minimum absolute atomic E-state index is 0.527. The minimum Gasteiger partial charge on any atom is -0.256 e. The van der Waals surface area contributed by atoms with Gasteiger partial charge in [-0.05, 0) is 246 Å². The van der Waals surface area contributed by atoms with Gasteiger partial charge in [0.2, 0.25) is 0 Å². The van der Waals surface area contributed by atoms with Gasteiger partial charge in [0.1, 0.15) is 0 Å². The molecule has 0 fully saturated rings. The summed E-state index contributed by atoms with van der Waals surface area (Å²) in [4.78, 5) is 21.2. The SMILES string of the molecule is c1ccc(-c2cc(-c3ccc(-c4c5ccccc5c(-c5ccc6c(c5)C(c5ccccc5)(c5ccccc5)c5ccccc5-6)c5ccccc45)nc3)cc(-c3cccc(-c4cccc(-c5cc(-c6ccc(-c7c8ccccc8c(-c8ccc9c(c8)Cc8ccccc8-9)c8ccccc78)nc6)cc(-c6ccccn6)c5)n4)c3)c2)cc1. The average molecular weight is 1450 g/mol. The number of hydrogen-bond donors (Lipinski definition) is 0. The van der Waals surface area contributed by atoms with Crippen LogP contribution in [0.4, 0.5) is 0 Å². The largest absolute Gasteiger partial charge is 0.256 e. The summed E-state index contributed by atoms with van der Waals surface area (Å²) in [5.41, 5.74) is 35.6. The summed E-state index contributed by atoms with van der Waals surface area (Å²) in [5, 5.41) is 9.44. The van der Waals surface area contributed by atoms with E-state index in [1.807, 2.05) is 24.5 Å². The van der Waals surface area contributed by atoms with Crippen molar-refractivity contribution in [3.05, 3.63) is 446 Å². The summed E-state index contributed by atoms with van der Waals surface area (Å²) >= 11 is 0. The average Bonchev–Trinajstić information content (AvgIpc) is 1.52. The first kappa shape index (κ1) is 66.2. The first-order valence-corrected chi connectivity index (χ1v) is 39.2. The van der Waals surface area contributed by atoms with E-state index in [-0.39, 0.29) is 0 Å². The van der Waals surface area contributed by atoms with Gasteiger partial charge in [0, 0.05) is 57.5 Å². The van der Waals surface area contributed by atoms with Crippen LogP contribution in [0.5, 0.6) is 0 Å². The zero-order chi connectivity index (χ0) is 75.2. The lowest BCUT2D eigenvalue weighted by atomic mass is 9.67. The first-order chi connectivity index (χ1) is 56.5. The van der Waals surface area contributed by atoms with Gasteiger partial charge in [0.15, 0.2) is 0 Å². The van der Waals surface area contributed by atoms with Crippen LogP contribution in [0.1, 0.15) is 33.4 Å². The highest BCUT2D eigenvalue weighted by atomic mass is 14.7. The molecule has 2 aliphatic rings. The third-order valence-corrected chi connectivity index (χ3v) is 23.9. The third kappa shape index (κ3) is 11.0. The Hall–Kier alpha value is -14.8. The van der Waals surface area contributed by atoms with E-state index in [9.17, 15) is 0 Å². The van der Waals surface area contributed by atoms with E-state index in [1.54, 1.807) is 0 Å². The standard InChI is InChI=1S/C110H70N4/c1-4-26-70(27-5-1)78-61-79(63-80(62-78)76-51-55-104(112-68-76)109-97-43-18-14-39-93(97)107(94-40-15-19-44-98(94)109)75-50-54-90-89-36-20-21-45-99(89)110(100(90)67-75,85-31-6-2-7-32-85)86-33-8-3-9-34-86)71-29-24-30-73(58-71)102-47-25-48-103(114-102)84-65-81(64-83(66-84)101-46-22-23-57-111-101)77-52-56-105(113-69-77)108-95-41-16-12-37-91(95)106(92-38-13-17-42-96(92)108)74-49-53-88-82(60-74)59-72-28-10-11-35-87(72)88/h1-58,60-69H,59H2. The molecule has 0 N–H and O–H groups in total. The molecule has 0 radical (unpaired) electrons. The molecular weight excluding hydrogens is 1380 g/mol. The van der Waals surface area contributed by atoms with Crippen molar-refractivity contribution in [1.29, 1.82) is 0 Å². The van der Waals surface area contributed by atoms with Crippen molar-refractivity contribution in [1.82, 2.24) is 19.9 Å². The fourth-order valence-corrected chi connectivity index (χ4v) is 18.8. The maximum Gasteiger partial charge on any atom is 0.0714 e. The maximum absolute atomic E-state index is 5.51. The van der Waals surface area contributed by atoms with Gasteiger partial charge in [-0.1, -0.05) is 309 Å². The van der Waals surface area contributed by atoms with Crippen LogP contribution in [-0.2, 0) is 11.8 Å². The van der Waals surface area contributed by atoms with Crippen molar-refractivity contribution in [2.24, 2.45) is 0 Å². The Kier molecular flexibility index (Phi) is 15.9. The van der Waals surface area contributed by atoms with Crippen LogP contribution in [0.2, 0.25) is 0 Å². The third-order valence-electron chi connectivity index (χ3n) is 23.9. The minimum atomic E-state index is -0.527. The molecule has 0 amide bonds. The van der Waals surface area contributed by atoms with E-state index in [1.165, 1.54) is 110 Å². The Bertz CT molecular complexity index is 7060. The molecular formula is C110H70N4. The second kappa shape index (κ2) is 27.3. The van der Waals surface area contributed by atoms with Gasteiger partial charge in [-0.2, -0.15) is 0 Å². The van der Waals surface area contributed by atoms with Crippen LogP contribution < -0.4 is 0 Å². The molecule has 0 saturated heterocycles. The zero-order valence-corrected chi connectivity index (χ0v) is 62.3. The van der Waals surface area contributed by atoms with Gasteiger partial charge in [0.25, 0.3) is 0 Å². The highest BCUT2D eigenvalue weighted by Crippen LogP contribution is 2.58. The molecule has 0 atom stereocenters. The molecule has 4 heteroatoms. The lowest BCUT2D eigenvalue weighted by Gasteiger charge is -2.34. The summed E-state index contributed by atoms with van der Waals surface area (Å²) in [6.07, 6.45) is 6.90. The number of hydrogen-bond acceptors (Lipinski definition) is 4. The molecule has 4 nitrogen and oxygen atoms in total.